The smallest absolute Gasteiger partial charge is 0.227 e. The van der Waals surface area contributed by atoms with Gasteiger partial charge in [-0.15, -0.1) is 11.3 Å². The van der Waals surface area contributed by atoms with E-state index in [1.807, 2.05) is 17.9 Å². The fraction of sp³-hybridized carbons (Fsp3) is 0.615. The van der Waals surface area contributed by atoms with Crippen LogP contribution in [-0.4, -0.2) is 29.9 Å². The molecule has 0 aliphatic carbocycles. The first-order valence-corrected chi connectivity index (χ1v) is 7.99. The van der Waals surface area contributed by atoms with Gasteiger partial charge in [-0.05, 0) is 54.9 Å². The molecule has 2 rings (SSSR count). The summed E-state index contributed by atoms with van der Waals surface area (Å²) in [7, 11) is 0. The molecule has 1 N–H and O–H groups in total. The Hall–Kier alpha value is -0.390. The van der Waals surface area contributed by atoms with Crippen molar-refractivity contribution >= 4 is 33.2 Å². The van der Waals surface area contributed by atoms with Gasteiger partial charge in [-0.3, -0.25) is 4.79 Å². The second-order valence-corrected chi connectivity index (χ2v) is 7.24. The van der Waals surface area contributed by atoms with Gasteiger partial charge in [-0.1, -0.05) is 0 Å². The van der Waals surface area contributed by atoms with E-state index in [0.29, 0.717) is 11.9 Å². The van der Waals surface area contributed by atoms with Crippen LogP contribution >= 0.6 is 27.3 Å². The molecule has 100 valence electrons. The highest BCUT2D eigenvalue weighted by Crippen LogP contribution is 2.25. The topological polar surface area (TPSA) is 32.3 Å². The van der Waals surface area contributed by atoms with Crippen molar-refractivity contribution in [1.29, 1.82) is 0 Å². The van der Waals surface area contributed by atoms with E-state index in [0.717, 1.165) is 29.8 Å². The summed E-state index contributed by atoms with van der Waals surface area (Å²) in [6, 6.07) is 4.43. The number of thiophene rings is 1. The molecule has 0 radical (unpaired) electrons. The third-order valence-electron chi connectivity index (χ3n) is 3.51. The number of carbonyl (C=O) groups is 1. The van der Waals surface area contributed by atoms with Crippen LogP contribution in [0.3, 0.4) is 0 Å². The summed E-state index contributed by atoms with van der Waals surface area (Å²) in [5, 5.41) is 3.35. The Kier molecular flexibility index (Phi) is 4.81. The molecule has 1 aromatic heterocycles. The normalized spacial score (nSPS) is 23.3. The first-order chi connectivity index (χ1) is 8.61. The van der Waals surface area contributed by atoms with Gasteiger partial charge in [0.1, 0.15) is 0 Å². The molecule has 0 bridgehead atoms. The fourth-order valence-corrected chi connectivity index (χ4v) is 3.90. The Bertz CT molecular complexity index is 421. The molecule has 5 heteroatoms. The first-order valence-electron chi connectivity index (χ1n) is 6.38. The second kappa shape index (κ2) is 6.17. The van der Waals surface area contributed by atoms with Crippen LogP contribution in [0.4, 0.5) is 0 Å². The monoisotopic (exact) mass is 330 g/mol. The van der Waals surface area contributed by atoms with Crippen LogP contribution in [0.2, 0.25) is 0 Å². The lowest BCUT2D eigenvalue weighted by Gasteiger charge is -2.25. The lowest BCUT2D eigenvalue weighted by Crippen LogP contribution is -2.39. The van der Waals surface area contributed by atoms with E-state index in [-0.39, 0.29) is 5.92 Å². The van der Waals surface area contributed by atoms with E-state index in [4.69, 9.17) is 0 Å². The zero-order chi connectivity index (χ0) is 13.1. The molecule has 3 nitrogen and oxygen atoms in total. The summed E-state index contributed by atoms with van der Waals surface area (Å²) in [6.45, 7) is 6.62. The van der Waals surface area contributed by atoms with Crippen LogP contribution in [-0.2, 0) is 11.3 Å². The Morgan fingerprint density at radius 1 is 1.61 bits per heavy atom. The van der Waals surface area contributed by atoms with Gasteiger partial charge in [0.05, 0.1) is 16.2 Å². The summed E-state index contributed by atoms with van der Waals surface area (Å²) >= 11 is 5.16. The number of carbonyl (C=O) groups excluding carboxylic acids is 1. The number of hydrogen-bond donors (Lipinski definition) is 1. The summed E-state index contributed by atoms with van der Waals surface area (Å²) in [5.74, 6) is 0.438. The molecule has 1 aromatic rings. The third kappa shape index (κ3) is 3.13. The van der Waals surface area contributed by atoms with E-state index in [9.17, 15) is 4.79 Å². The highest BCUT2D eigenvalue weighted by Gasteiger charge is 2.32. The highest BCUT2D eigenvalue weighted by atomic mass is 79.9. The van der Waals surface area contributed by atoms with Gasteiger partial charge in [0.25, 0.3) is 0 Å². The molecule has 1 aliphatic heterocycles. The van der Waals surface area contributed by atoms with E-state index >= 15 is 0 Å². The molecule has 1 amide bonds. The van der Waals surface area contributed by atoms with Crippen LogP contribution in [0.1, 0.15) is 25.1 Å². The molecule has 1 saturated heterocycles. The van der Waals surface area contributed by atoms with Crippen LogP contribution in [0, 0.1) is 5.92 Å². The standard InChI is InChI=1S/C13H19BrN2OS/c1-3-16(8-10-4-5-12(14)18-10)13(17)11-6-7-15-9(11)2/h4-5,9,11,15H,3,6-8H2,1-2H3. The zero-order valence-corrected chi connectivity index (χ0v) is 13.2. The number of nitrogens with one attached hydrogen (secondary N) is 1. The van der Waals surface area contributed by atoms with Gasteiger partial charge in [0, 0.05) is 17.5 Å². The highest BCUT2D eigenvalue weighted by molar-refractivity contribution is 9.11. The minimum Gasteiger partial charge on any atom is -0.338 e. The largest absolute Gasteiger partial charge is 0.338 e. The SMILES string of the molecule is CCN(Cc1ccc(Br)s1)C(=O)C1CCNC1C. The Morgan fingerprint density at radius 2 is 2.39 bits per heavy atom. The second-order valence-electron chi connectivity index (χ2n) is 4.70. The van der Waals surface area contributed by atoms with E-state index in [1.54, 1.807) is 11.3 Å². The molecule has 1 fully saturated rings. The molecule has 0 saturated carbocycles. The van der Waals surface area contributed by atoms with Crippen molar-refractivity contribution in [3.8, 4) is 0 Å². The number of rotatable bonds is 4. The first kappa shape index (κ1) is 14.0. The molecule has 2 heterocycles. The predicted octanol–water partition coefficient (Wildman–Crippen LogP) is 2.86. The summed E-state index contributed by atoms with van der Waals surface area (Å²) in [6.07, 6.45) is 0.963. The van der Waals surface area contributed by atoms with Gasteiger partial charge in [-0.25, -0.2) is 0 Å². The Balaban J connectivity index is 2.01. The number of nitrogens with zero attached hydrogens (tertiary/aromatic N) is 1. The lowest BCUT2D eigenvalue weighted by atomic mass is 10.0. The van der Waals surface area contributed by atoms with Gasteiger partial charge in [-0.2, -0.15) is 0 Å². The molecular formula is C13H19BrN2OS. The molecule has 0 aromatic carbocycles. The predicted molar refractivity (Wildman–Crippen MR) is 78.7 cm³/mol. The lowest BCUT2D eigenvalue weighted by molar-refractivity contribution is -0.136. The van der Waals surface area contributed by atoms with Crippen LogP contribution in [0.15, 0.2) is 15.9 Å². The zero-order valence-electron chi connectivity index (χ0n) is 10.8. The van der Waals surface area contributed by atoms with Crippen molar-refractivity contribution in [2.75, 3.05) is 13.1 Å². The fourth-order valence-electron chi connectivity index (χ4n) is 2.40. The molecular weight excluding hydrogens is 312 g/mol. The minimum absolute atomic E-state index is 0.147. The molecule has 1 aliphatic rings. The van der Waals surface area contributed by atoms with Crippen molar-refractivity contribution in [3.63, 3.8) is 0 Å². The van der Waals surface area contributed by atoms with E-state index in [2.05, 4.69) is 34.2 Å². The van der Waals surface area contributed by atoms with Crippen molar-refractivity contribution in [2.45, 2.75) is 32.9 Å². The molecule has 18 heavy (non-hydrogen) atoms. The van der Waals surface area contributed by atoms with Crippen LogP contribution in [0.5, 0.6) is 0 Å². The maximum Gasteiger partial charge on any atom is 0.227 e. The molecule has 2 unspecified atom stereocenters. The Labute approximate surface area is 121 Å². The third-order valence-corrected chi connectivity index (χ3v) is 5.12. The van der Waals surface area contributed by atoms with Gasteiger partial charge in [0.15, 0.2) is 0 Å². The van der Waals surface area contributed by atoms with Crippen LogP contribution in [0.25, 0.3) is 0 Å². The van der Waals surface area contributed by atoms with E-state index in [1.165, 1.54) is 4.88 Å². The molecule has 0 spiro atoms. The summed E-state index contributed by atoms with van der Waals surface area (Å²) in [5.41, 5.74) is 0. The quantitative estimate of drug-likeness (QED) is 0.920. The van der Waals surface area contributed by atoms with Gasteiger partial charge in [0.2, 0.25) is 5.91 Å². The van der Waals surface area contributed by atoms with Gasteiger partial charge >= 0.3 is 0 Å². The van der Waals surface area contributed by atoms with Crippen LogP contribution < -0.4 is 5.32 Å². The summed E-state index contributed by atoms with van der Waals surface area (Å²) in [4.78, 5) is 15.7. The average Bonchev–Trinajstić information content (AvgIpc) is 2.94. The minimum atomic E-state index is 0.147. The van der Waals surface area contributed by atoms with Crippen molar-refractivity contribution < 1.29 is 4.79 Å². The number of amides is 1. The maximum atomic E-state index is 12.5. The van der Waals surface area contributed by atoms with Crippen molar-refractivity contribution in [2.24, 2.45) is 5.92 Å². The summed E-state index contributed by atoms with van der Waals surface area (Å²) < 4.78 is 1.12. The van der Waals surface area contributed by atoms with Crippen molar-refractivity contribution in [1.82, 2.24) is 10.2 Å². The van der Waals surface area contributed by atoms with Crippen molar-refractivity contribution in [3.05, 3.63) is 20.8 Å². The maximum absolute atomic E-state index is 12.5. The Morgan fingerprint density at radius 3 is 2.89 bits per heavy atom. The average molecular weight is 331 g/mol. The number of halogens is 1. The number of hydrogen-bond acceptors (Lipinski definition) is 3. The molecule has 2 atom stereocenters. The van der Waals surface area contributed by atoms with Gasteiger partial charge < -0.3 is 10.2 Å². The van der Waals surface area contributed by atoms with E-state index < -0.39 is 0 Å².